The fourth-order valence-electron chi connectivity index (χ4n) is 0.969. The number of para-hydroxylation sites is 1. The van der Waals surface area contributed by atoms with Crippen LogP contribution in [0, 0.1) is 6.92 Å². The minimum absolute atomic E-state index is 0.698. The molecule has 0 N–H and O–H groups in total. The number of thiazole rings is 1. The summed E-state index contributed by atoms with van der Waals surface area (Å²) >= 11 is 1.51. The maximum atomic E-state index is 5.51. The van der Waals surface area contributed by atoms with Crippen LogP contribution in [0.15, 0.2) is 35.7 Å². The zero-order chi connectivity index (χ0) is 9.10. The fraction of sp³-hybridized carbons (Fsp3) is 0.100. The van der Waals surface area contributed by atoms with Gasteiger partial charge in [0.25, 0.3) is 5.19 Å². The van der Waals surface area contributed by atoms with E-state index in [1.807, 2.05) is 42.6 Å². The second kappa shape index (κ2) is 3.58. The lowest BCUT2D eigenvalue weighted by Gasteiger charge is -1.98. The molecule has 66 valence electrons. The zero-order valence-corrected chi connectivity index (χ0v) is 8.04. The van der Waals surface area contributed by atoms with E-state index >= 15 is 0 Å². The van der Waals surface area contributed by atoms with Crippen molar-refractivity contribution in [2.24, 2.45) is 0 Å². The van der Waals surface area contributed by atoms with Crippen molar-refractivity contribution in [3.8, 4) is 10.9 Å². The Morgan fingerprint density at radius 2 is 2.00 bits per heavy atom. The van der Waals surface area contributed by atoms with Gasteiger partial charge in [-0.25, -0.2) is 4.98 Å². The van der Waals surface area contributed by atoms with Crippen molar-refractivity contribution in [3.63, 3.8) is 0 Å². The maximum Gasteiger partial charge on any atom is 0.278 e. The fourth-order valence-corrected chi connectivity index (χ4v) is 1.63. The quantitative estimate of drug-likeness (QED) is 0.727. The van der Waals surface area contributed by atoms with Gasteiger partial charge in [-0.05, 0) is 19.1 Å². The lowest BCUT2D eigenvalue weighted by molar-refractivity contribution is 0.478. The largest absolute Gasteiger partial charge is 0.431 e. The first-order valence-electron chi connectivity index (χ1n) is 3.99. The van der Waals surface area contributed by atoms with Gasteiger partial charge in [0.05, 0.1) is 5.69 Å². The molecule has 1 aromatic heterocycles. The average molecular weight is 191 g/mol. The second-order valence-electron chi connectivity index (χ2n) is 2.67. The summed E-state index contributed by atoms with van der Waals surface area (Å²) in [5.41, 5.74) is 0.996. The molecule has 2 rings (SSSR count). The maximum absolute atomic E-state index is 5.51. The molecule has 2 aromatic rings. The zero-order valence-electron chi connectivity index (χ0n) is 7.23. The van der Waals surface area contributed by atoms with Crippen LogP contribution in [0.1, 0.15) is 5.69 Å². The molecule has 0 radical (unpaired) electrons. The first-order chi connectivity index (χ1) is 6.34. The molecule has 0 atom stereocenters. The Morgan fingerprint density at radius 1 is 1.23 bits per heavy atom. The summed E-state index contributed by atoms with van der Waals surface area (Å²) in [7, 11) is 0. The molecular formula is C10H9NOS. The van der Waals surface area contributed by atoms with Crippen LogP contribution in [-0.2, 0) is 0 Å². The van der Waals surface area contributed by atoms with Crippen LogP contribution >= 0.6 is 11.3 Å². The van der Waals surface area contributed by atoms with Crippen LogP contribution in [0.5, 0.6) is 10.9 Å². The van der Waals surface area contributed by atoms with Crippen LogP contribution in [0.4, 0.5) is 0 Å². The van der Waals surface area contributed by atoms with E-state index in [4.69, 9.17) is 4.74 Å². The molecule has 0 saturated carbocycles. The summed E-state index contributed by atoms with van der Waals surface area (Å²) in [4.78, 5) is 4.20. The van der Waals surface area contributed by atoms with Gasteiger partial charge in [-0.15, -0.1) is 0 Å². The van der Waals surface area contributed by atoms with Gasteiger partial charge in [-0.2, -0.15) is 0 Å². The van der Waals surface area contributed by atoms with E-state index in [0.29, 0.717) is 5.19 Å². The van der Waals surface area contributed by atoms with E-state index in [1.54, 1.807) is 0 Å². The monoisotopic (exact) mass is 191 g/mol. The van der Waals surface area contributed by atoms with E-state index in [2.05, 4.69) is 4.98 Å². The van der Waals surface area contributed by atoms with Gasteiger partial charge in [0.15, 0.2) is 0 Å². The van der Waals surface area contributed by atoms with Crippen LogP contribution < -0.4 is 4.74 Å². The van der Waals surface area contributed by atoms with Gasteiger partial charge in [0, 0.05) is 5.38 Å². The van der Waals surface area contributed by atoms with Crippen LogP contribution in [0.2, 0.25) is 0 Å². The number of aryl methyl sites for hydroxylation is 1. The van der Waals surface area contributed by atoms with Gasteiger partial charge >= 0.3 is 0 Å². The van der Waals surface area contributed by atoms with Gasteiger partial charge in [-0.1, -0.05) is 29.5 Å². The smallest absolute Gasteiger partial charge is 0.278 e. The number of hydrogen-bond acceptors (Lipinski definition) is 3. The Bertz CT molecular complexity index is 383. The number of ether oxygens (including phenoxy) is 1. The Hall–Kier alpha value is -1.35. The predicted molar refractivity (Wildman–Crippen MR) is 53.4 cm³/mol. The Morgan fingerprint density at radius 3 is 2.62 bits per heavy atom. The number of benzene rings is 1. The van der Waals surface area contributed by atoms with E-state index in [9.17, 15) is 0 Å². The van der Waals surface area contributed by atoms with Crippen molar-refractivity contribution >= 4 is 11.3 Å². The first kappa shape index (κ1) is 8.26. The molecule has 0 bridgehead atoms. The van der Waals surface area contributed by atoms with Crippen molar-refractivity contribution in [2.75, 3.05) is 0 Å². The molecular weight excluding hydrogens is 182 g/mol. The number of nitrogens with zero attached hydrogens (tertiary/aromatic N) is 1. The highest BCUT2D eigenvalue weighted by atomic mass is 32.1. The highest BCUT2D eigenvalue weighted by molar-refractivity contribution is 7.11. The Labute approximate surface area is 80.8 Å². The highest BCUT2D eigenvalue weighted by Gasteiger charge is 1.99. The van der Waals surface area contributed by atoms with Gasteiger partial charge in [-0.3, -0.25) is 0 Å². The third-order valence-electron chi connectivity index (χ3n) is 1.55. The minimum Gasteiger partial charge on any atom is -0.431 e. The van der Waals surface area contributed by atoms with Gasteiger partial charge in [0.2, 0.25) is 0 Å². The van der Waals surface area contributed by atoms with Gasteiger partial charge in [0.1, 0.15) is 5.75 Å². The summed E-state index contributed by atoms with van der Waals surface area (Å²) in [5.74, 6) is 0.830. The molecule has 1 aromatic carbocycles. The minimum atomic E-state index is 0.698. The molecule has 0 unspecified atom stereocenters. The third kappa shape index (κ3) is 2.06. The second-order valence-corrected chi connectivity index (χ2v) is 3.49. The predicted octanol–water partition coefficient (Wildman–Crippen LogP) is 3.24. The van der Waals surface area contributed by atoms with Crippen LogP contribution in [0.25, 0.3) is 0 Å². The van der Waals surface area contributed by atoms with Gasteiger partial charge < -0.3 is 4.74 Å². The molecule has 0 aliphatic rings. The third-order valence-corrected chi connectivity index (χ3v) is 2.38. The highest BCUT2D eigenvalue weighted by Crippen LogP contribution is 2.24. The summed E-state index contributed by atoms with van der Waals surface area (Å²) in [6.45, 7) is 1.95. The Kier molecular flexibility index (Phi) is 2.27. The lowest BCUT2D eigenvalue weighted by Crippen LogP contribution is -1.81. The standard InChI is InChI=1S/C10H9NOS/c1-8-7-13-10(11-8)12-9-5-3-2-4-6-9/h2-7H,1H3. The van der Waals surface area contributed by atoms with E-state index in [1.165, 1.54) is 11.3 Å². The van der Waals surface area contributed by atoms with Crippen LogP contribution in [0.3, 0.4) is 0 Å². The SMILES string of the molecule is Cc1csc(Oc2ccccc2)n1. The van der Waals surface area contributed by atoms with Crippen LogP contribution in [-0.4, -0.2) is 4.98 Å². The normalized spacial score (nSPS) is 9.92. The molecule has 0 aliphatic carbocycles. The van der Waals surface area contributed by atoms with Crippen molar-refractivity contribution in [1.82, 2.24) is 4.98 Å². The van der Waals surface area contributed by atoms with E-state index < -0.39 is 0 Å². The molecule has 13 heavy (non-hydrogen) atoms. The van der Waals surface area contributed by atoms with Crippen molar-refractivity contribution in [3.05, 3.63) is 41.4 Å². The molecule has 2 nitrogen and oxygen atoms in total. The summed E-state index contributed by atoms with van der Waals surface area (Å²) in [6, 6.07) is 9.67. The van der Waals surface area contributed by atoms with E-state index in [-0.39, 0.29) is 0 Å². The molecule has 1 heterocycles. The van der Waals surface area contributed by atoms with Crippen molar-refractivity contribution < 1.29 is 4.74 Å². The molecule has 0 spiro atoms. The van der Waals surface area contributed by atoms with Crippen molar-refractivity contribution in [1.29, 1.82) is 0 Å². The topological polar surface area (TPSA) is 22.1 Å². The molecule has 0 amide bonds. The molecule has 3 heteroatoms. The average Bonchev–Trinajstić information content (AvgIpc) is 2.53. The summed E-state index contributed by atoms with van der Waals surface area (Å²) in [6.07, 6.45) is 0. The molecule has 0 saturated heterocycles. The Balaban J connectivity index is 2.15. The summed E-state index contributed by atoms with van der Waals surface area (Å²) < 4.78 is 5.51. The summed E-state index contributed by atoms with van der Waals surface area (Å²) in [5, 5.41) is 2.67. The molecule has 0 aliphatic heterocycles. The van der Waals surface area contributed by atoms with E-state index in [0.717, 1.165) is 11.4 Å². The first-order valence-corrected chi connectivity index (χ1v) is 4.87. The number of rotatable bonds is 2. The van der Waals surface area contributed by atoms with Crippen molar-refractivity contribution in [2.45, 2.75) is 6.92 Å². The number of hydrogen-bond donors (Lipinski definition) is 0. The lowest BCUT2D eigenvalue weighted by atomic mass is 10.3. The molecule has 0 fully saturated rings. The number of aromatic nitrogens is 1.